The lowest BCUT2D eigenvalue weighted by molar-refractivity contribution is -0.143. The summed E-state index contributed by atoms with van der Waals surface area (Å²) in [4.78, 5) is 34.0. The van der Waals surface area contributed by atoms with Gasteiger partial charge in [0.1, 0.15) is 0 Å². The number of aryl methyl sites for hydroxylation is 2. The maximum absolute atomic E-state index is 12.8. The van der Waals surface area contributed by atoms with E-state index in [9.17, 15) is 9.59 Å². The van der Waals surface area contributed by atoms with Gasteiger partial charge >= 0.3 is 0 Å². The molecule has 4 heterocycles. The molecule has 1 saturated heterocycles. The van der Waals surface area contributed by atoms with E-state index in [0.29, 0.717) is 38.4 Å². The van der Waals surface area contributed by atoms with Gasteiger partial charge in [0.15, 0.2) is 5.76 Å². The highest BCUT2D eigenvalue weighted by atomic mass is 16.6. The van der Waals surface area contributed by atoms with Crippen LogP contribution in [-0.4, -0.2) is 69.4 Å². The number of hydrogen-bond donors (Lipinski definition) is 0. The number of rotatable bonds is 4. The molecule has 28 heavy (non-hydrogen) atoms. The topological polar surface area (TPSA) is 93.2 Å². The van der Waals surface area contributed by atoms with Gasteiger partial charge in [-0.15, -0.1) is 0 Å². The van der Waals surface area contributed by atoms with Crippen molar-refractivity contribution in [2.24, 2.45) is 5.16 Å². The molecule has 2 aromatic heterocycles. The van der Waals surface area contributed by atoms with E-state index in [-0.39, 0.29) is 11.8 Å². The van der Waals surface area contributed by atoms with Crippen LogP contribution in [0.3, 0.4) is 0 Å². The molecule has 0 aromatic carbocycles. The fourth-order valence-electron chi connectivity index (χ4n) is 3.52. The first-order chi connectivity index (χ1) is 13.6. The van der Waals surface area contributed by atoms with Crippen LogP contribution in [0.2, 0.25) is 0 Å². The van der Waals surface area contributed by atoms with E-state index in [1.54, 1.807) is 21.9 Å². The van der Waals surface area contributed by atoms with Gasteiger partial charge < -0.3 is 19.1 Å². The number of aromatic nitrogens is 2. The smallest absolute Gasteiger partial charge is 0.289 e. The third-order valence-electron chi connectivity index (χ3n) is 5.14. The number of carbonyl (C=O) groups is 2. The van der Waals surface area contributed by atoms with E-state index >= 15 is 0 Å². The molecule has 2 amide bonds. The average molecular weight is 385 g/mol. The first kappa shape index (κ1) is 18.3. The van der Waals surface area contributed by atoms with Gasteiger partial charge in [0.05, 0.1) is 17.7 Å². The van der Waals surface area contributed by atoms with Crippen molar-refractivity contribution in [2.75, 3.05) is 26.2 Å². The van der Waals surface area contributed by atoms with Crippen LogP contribution < -0.4 is 0 Å². The zero-order chi connectivity index (χ0) is 19.7. The number of amides is 2. The minimum Gasteiger partial charge on any atom is -0.459 e. The van der Waals surface area contributed by atoms with Gasteiger partial charge in [0.2, 0.25) is 6.10 Å². The summed E-state index contributed by atoms with van der Waals surface area (Å²) >= 11 is 0. The molecule has 9 nitrogen and oxygen atoms in total. The monoisotopic (exact) mass is 385 g/mol. The Labute approximate surface area is 162 Å². The molecule has 148 valence electrons. The van der Waals surface area contributed by atoms with Gasteiger partial charge in [-0.25, -0.2) is 0 Å². The van der Waals surface area contributed by atoms with Crippen LogP contribution in [0.1, 0.15) is 35.2 Å². The fraction of sp³-hybridized carbons (Fsp3) is 0.474. The number of oxime groups is 1. The van der Waals surface area contributed by atoms with Crippen molar-refractivity contribution in [3.8, 4) is 0 Å². The van der Waals surface area contributed by atoms with Gasteiger partial charge in [-0.2, -0.15) is 5.10 Å². The minimum absolute atomic E-state index is 0.0932. The Kier molecular flexibility index (Phi) is 4.89. The van der Waals surface area contributed by atoms with E-state index in [4.69, 9.17) is 9.25 Å². The molecule has 4 rings (SSSR count). The standard InChI is InChI=1S/C19H23N5O4/c1-3-24-12-14(13(2)20-24)15-11-17(28-21-15)19(26)23-8-6-22(7-9-23)18(25)16-5-4-10-27-16/h4-5,10,12,17H,3,6-9,11H2,1-2H3/t17-/m1/s1. The largest absolute Gasteiger partial charge is 0.459 e. The summed E-state index contributed by atoms with van der Waals surface area (Å²) in [7, 11) is 0. The number of nitrogens with zero attached hydrogens (tertiary/aromatic N) is 5. The molecule has 0 bridgehead atoms. The Bertz CT molecular complexity index is 894. The molecule has 1 fully saturated rings. The minimum atomic E-state index is -0.619. The van der Waals surface area contributed by atoms with Crippen LogP contribution in [0.4, 0.5) is 0 Å². The van der Waals surface area contributed by atoms with Crippen molar-refractivity contribution in [3.63, 3.8) is 0 Å². The van der Waals surface area contributed by atoms with E-state index < -0.39 is 6.10 Å². The van der Waals surface area contributed by atoms with Crippen LogP contribution in [0.25, 0.3) is 0 Å². The molecule has 2 aliphatic heterocycles. The molecule has 0 unspecified atom stereocenters. The summed E-state index contributed by atoms with van der Waals surface area (Å²) in [6.07, 6.45) is 3.23. The van der Waals surface area contributed by atoms with Crippen molar-refractivity contribution < 1.29 is 18.8 Å². The lowest BCUT2D eigenvalue weighted by Crippen LogP contribution is -2.52. The lowest BCUT2D eigenvalue weighted by atomic mass is 10.1. The van der Waals surface area contributed by atoms with E-state index in [1.807, 2.05) is 24.7 Å². The summed E-state index contributed by atoms with van der Waals surface area (Å²) in [5.74, 6) is 0.0765. The van der Waals surface area contributed by atoms with Gasteiger partial charge in [0, 0.05) is 50.9 Å². The maximum atomic E-state index is 12.8. The highest BCUT2D eigenvalue weighted by Crippen LogP contribution is 2.21. The van der Waals surface area contributed by atoms with Crippen molar-refractivity contribution in [3.05, 3.63) is 41.6 Å². The molecular weight excluding hydrogens is 362 g/mol. The molecule has 0 N–H and O–H groups in total. The van der Waals surface area contributed by atoms with Crippen molar-refractivity contribution in [1.82, 2.24) is 19.6 Å². The predicted octanol–water partition coefficient (Wildman–Crippen LogP) is 1.28. The van der Waals surface area contributed by atoms with Crippen LogP contribution in [-0.2, 0) is 16.2 Å². The number of piperazine rings is 1. The molecule has 2 aromatic rings. The van der Waals surface area contributed by atoms with E-state index in [1.165, 1.54) is 6.26 Å². The van der Waals surface area contributed by atoms with E-state index in [0.717, 1.165) is 23.5 Å². The third kappa shape index (κ3) is 3.39. The van der Waals surface area contributed by atoms with Gasteiger partial charge in [-0.1, -0.05) is 5.16 Å². The molecule has 1 atom stereocenters. The van der Waals surface area contributed by atoms with Gasteiger partial charge in [-0.3, -0.25) is 14.3 Å². The Morgan fingerprint density at radius 1 is 1.21 bits per heavy atom. The van der Waals surface area contributed by atoms with Crippen molar-refractivity contribution in [1.29, 1.82) is 0 Å². The SMILES string of the molecule is CCn1cc(C2=NO[C@@H](C(=O)N3CCN(C(=O)c4ccco4)CC3)C2)c(C)n1. The second-order valence-corrected chi connectivity index (χ2v) is 6.91. The van der Waals surface area contributed by atoms with Crippen LogP contribution in [0.15, 0.2) is 34.2 Å². The molecule has 0 saturated carbocycles. The lowest BCUT2D eigenvalue weighted by Gasteiger charge is -2.35. The summed E-state index contributed by atoms with van der Waals surface area (Å²) in [6, 6.07) is 3.34. The quantitative estimate of drug-likeness (QED) is 0.790. The molecule has 9 heteroatoms. The first-order valence-electron chi connectivity index (χ1n) is 9.45. The Balaban J connectivity index is 1.33. The maximum Gasteiger partial charge on any atom is 0.289 e. The molecule has 0 aliphatic carbocycles. The summed E-state index contributed by atoms with van der Waals surface area (Å²) in [5, 5.41) is 8.55. The average Bonchev–Trinajstić information content (AvgIpc) is 3.47. The van der Waals surface area contributed by atoms with Crippen molar-refractivity contribution in [2.45, 2.75) is 32.9 Å². The summed E-state index contributed by atoms with van der Waals surface area (Å²) in [6.45, 7) is 6.58. The highest BCUT2D eigenvalue weighted by molar-refractivity contribution is 6.04. The highest BCUT2D eigenvalue weighted by Gasteiger charge is 2.35. The number of carbonyl (C=O) groups excluding carboxylic acids is 2. The normalized spacial score (nSPS) is 19.5. The van der Waals surface area contributed by atoms with Crippen LogP contribution >= 0.6 is 0 Å². The van der Waals surface area contributed by atoms with Gasteiger partial charge in [-0.05, 0) is 26.0 Å². The zero-order valence-corrected chi connectivity index (χ0v) is 16.0. The van der Waals surface area contributed by atoms with Crippen LogP contribution in [0, 0.1) is 6.92 Å². The molecular formula is C19H23N5O4. The van der Waals surface area contributed by atoms with Gasteiger partial charge in [0.25, 0.3) is 11.8 Å². The number of hydrogen-bond acceptors (Lipinski definition) is 6. The second kappa shape index (κ2) is 7.49. The fourth-order valence-corrected chi connectivity index (χ4v) is 3.52. The van der Waals surface area contributed by atoms with Crippen LogP contribution in [0.5, 0.6) is 0 Å². The number of furan rings is 1. The van der Waals surface area contributed by atoms with E-state index in [2.05, 4.69) is 10.3 Å². The molecule has 0 radical (unpaired) electrons. The summed E-state index contributed by atoms with van der Waals surface area (Å²) in [5.41, 5.74) is 2.55. The summed E-state index contributed by atoms with van der Waals surface area (Å²) < 4.78 is 7.01. The first-order valence-corrected chi connectivity index (χ1v) is 9.45. The molecule has 2 aliphatic rings. The third-order valence-corrected chi connectivity index (χ3v) is 5.14. The molecule has 0 spiro atoms. The Morgan fingerprint density at radius 3 is 2.61 bits per heavy atom. The zero-order valence-electron chi connectivity index (χ0n) is 16.0. The Hall–Kier alpha value is -3.10. The predicted molar refractivity (Wildman–Crippen MR) is 99.9 cm³/mol. The second-order valence-electron chi connectivity index (χ2n) is 6.91. The van der Waals surface area contributed by atoms with Crippen molar-refractivity contribution >= 4 is 17.5 Å². The Morgan fingerprint density at radius 2 is 1.96 bits per heavy atom.